The summed E-state index contributed by atoms with van der Waals surface area (Å²) in [4.78, 5) is 12.2. The summed E-state index contributed by atoms with van der Waals surface area (Å²) in [5.41, 5.74) is 4.15. The minimum Gasteiger partial charge on any atom is -0.385 e. The van der Waals surface area contributed by atoms with Crippen LogP contribution in [0, 0.1) is 0 Å². The van der Waals surface area contributed by atoms with Gasteiger partial charge >= 0.3 is 0 Å². The number of anilines is 1. The minimum absolute atomic E-state index is 0.729. The Kier molecular flexibility index (Phi) is 3.88. The molecule has 0 aliphatic heterocycles. The topological polar surface area (TPSA) is 67.2 Å². The third-order valence-electron chi connectivity index (χ3n) is 4.09. The normalized spacial score (nSPS) is 11.4. The van der Waals surface area contributed by atoms with Crippen molar-refractivity contribution in [3.8, 4) is 11.3 Å². The van der Waals surface area contributed by atoms with Crippen molar-refractivity contribution in [2.45, 2.75) is 6.42 Å². The molecule has 0 aliphatic rings. The Morgan fingerprint density at radius 3 is 3.12 bits per heavy atom. The van der Waals surface area contributed by atoms with Gasteiger partial charge in [-0.05, 0) is 24.6 Å². The second kappa shape index (κ2) is 6.33. The zero-order chi connectivity index (χ0) is 16.4. The molecule has 3 aromatic heterocycles. The first-order valence-corrected chi connectivity index (χ1v) is 7.99. The summed E-state index contributed by atoms with van der Waals surface area (Å²) in [5.74, 6) is 0.794. The highest BCUT2D eigenvalue weighted by Gasteiger charge is 2.10. The summed E-state index contributed by atoms with van der Waals surface area (Å²) in [6.45, 7) is 1.53. The van der Waals surface area contributed by atoms with Crippen LogP contribution in [0.4, 0.5) is 5.82 Å². The van der Waals surface area contributed by atoms with Crippen LogP contribution >= 0.6 is 0 Å². The number of imidazole rings is 1. The van der Waals surface area contributed by atoms with Gasteiger partial charge in [-0.2, -0.15) is 0 Å². The Morgan fingerprint density at radius 1 is 1.25 bits per heavy atom. The van der Waals surface area contributed by atoms with Crippen LogP contribution in [0.2, 0.25) is 0 Å². The number of rotatable bonds is 6. The molecule has 0 amide bonds. The maximum atomic E-state index is 5.07. The van der Waals surface area contributed by atoms with E-state index in [1.54, 1.807) is 13.3 Å². The van der Waals surface area contributed by atoms with Crippen LogP contribution in [0.3, 0.4) is 0 Å². The number of nitrogens with one attached hydrogen (secondary N) is 2. The van der Waals surface area contributed by atoms with Crippen molar-refractivity contribution < 1.29 is 4.74 Å². The van der Waals surface area contributed by atoms with Crippen LogP contribution in [0.15, 0.2) is 49.1 Å². The second-order valence-corrected chi connectivity index (χ2v) is 5.67. The summed E-state index contributed by atoms with van der Waals surface area (Å²) >= 11 is 0. The van der Waals surface area contributed by atoms with Gasteiger partial charge in [0, 0.05) is 55.3 Å². The van der Waals surface area contributed by atoms with Crippen molar-refractivity contribution in [2.24, 2.45) is 0 Å². The van der Waals surface area contributed by atoms with Crippen molar-refractivity contribution in [3.05, 3.63) is 49.1 Å². The number of hydrogen-bond acceptors (Lipinski definition) is 4. The van der Waals surface area contributed by atoms with Gasteiger partial charge in [-0.3, -0.25) is 4.40 Å². The third-order valence-corrected chi connectivity index (χ3v) is 4.09. The third kappa shape index (κ3) is 2.61. The van der Waals surface area contributed by atoms with Crippen molar-refractivity contribution in [3.63, 3.8) is 0 Å². The molecule has 0 aliphatic carbocycles. The Labute approximate surface area is 139 Å². The summed E-state index contributed by atoms with van der Waals surface area (Å²) in [6.07, 6.45) is 8.52. The van der Waals surface area contributed by atoms with Gasteiger partial charge in [-0.25, -0.2) is 9.97 Å². The lowest BCUT2D eigenvalue weighted by Gasteiger charge is -2.07. The number of H-pyrrole nitrogens is 1. The van der Waals surface area contributed by atoms with Gasteiger partial charge in [0.05, 0.1) is 11.9 Å². The summed E-state index contributed by atoms with van der Waals surface area (Å²) < 4.78 is 7.14. The number of aromatic nitrogens is 4. The van der Waals surface area contributed by atoms with Gasteiger partial charge in [0.25, 0.3) is 0 Å². The van der Waals surface area contributed by atoms with Crippen molar-refractivity contribution in [1.29, 1.82) is 0 Å². The molecule has 4 rings (SSSR count). The summed E-state index contributed by atoms with van der Waals surface area (Å²) in [5, 5.41) is 4.52. The highest BCUT2D eigenvalue weighted by atomic mass is 16.5. The summed E-state index contributed by atoms with van der Waals surface area (Å²) in [7, 11) is 1.71. The molecule has 3 heterocycles. The van der Waals surface area contributed by atoms with Gasteiger partial charge in [-0.1, -0.05) is 6.07 Å². The first kappa shape index (κ1) is 14.7. The number of hydrogen-bond donors (Lipinski definition) is 2. The molecule has 0 radical (unpaired) electrons. The Balaban J connectivity index is 1.69. The van der Waals surface area contributed by atoms with E-state index < -0.39 is 0 Å². The van der Waals surface area contributed by atoms with E-state index in [9.17, 15) is 0 Å². The molecule has 4 aromatic rings. The zero-order valence-corrected chi connectivity index (χ0v) is 13.5. The molecule has 0 spiro atoms. The predicted octanol–water partition coefficient (Wildman–Crippen LogP) is 3.33. The second-order valence-electron chi connectivity index (χ2n) is 5.67. The number of ether oxygens (including phenoxy) is 1. The largest absolute Gasteiger partial charge is 0.385 e. The average Bonchev–Trinajstić information content (AvgIpc) is 3.24. The number of fused-ring (bicyclic) bond motifs is 2. The maximum Gasteiger partial charge on any atom is 0.180 e. The smallest absolute Gasteiger partial charge is 0.180 e. The fraction of sp³-hybridized carbons (Fsp3) is 0.222. The molecule has 0 atom stereocenters. The molecule has 0 bridgehead atoms. The Bertz CT molecular complexity index is 972. The van der Waals surface area contributed by atoms with Crippen LogP contribution in [-0.4, -0.2) is 39.6 Å². The first-order valence-electron chi connectivity index (χ1n) is 7.99. The van der Waals surface area contributed by atoms with E-state index in [0.29, 0.717) is 0 Å². The van der Waals surface area contributed by atoms with Gasteiger partial charge in [0.15, 0.2) is 11.5 Å². The van der Waals surface area contributed by atoms with E-state index in [1.807, 2.05) is 18.6 Å². The fourth-order valence-electron chi connectivity index (χ4n) is 2.89. The van der Waals surface area contributed by atoms with Crippen LogP contribution in [-0.2, 0) is 4.74 Å². The Hall–Kier alpha value is -2.86. The molecular formula is C18H19N5O. The highest BCUT2D eigenvalue weighted by molar-refractivity contribution is 5.85. The SMILES string of the molecule is COCCCNc1nccn2c(-c3ccc4[nH]ccc4c3)cnc12. The standard InChI is InChI=1S/C18H19N5O/c1-24-10-2-6-20-17-18-22-12-16(23(18)9-8-21-17)14-3-4-15-13(11-14)5-7-19-15/h3-5,7-9,11-12,19H,2,6,10H2,1H3,(H,20,21). The van der Waals surface area contributed by atoms with Crippen molar-refractivity contribution in [2.75, 3.05) is 25.6 Å². The van der Waals surface area contributed by atoms with E-state index in [0.717, 1.165) is 47.8 Å². The fourth-order valence-corrected chi connectivity index (χ4v) is 2.89. The van der Waals surface area contributed by atoms with E-state index in [1.165, 1.54) is 5.39 Å². The molecule has 1 aromatic carbocycles. The molecule has 0 unspecified atom stereocenters. The number of nitrogens with zero attached hydrogens (tertiary/aromatic N) is 3. The predicted molar refractivity (Wildman–Crippen MR) is 95.3 cm³/mol. The number of methoxy groups -OCH3 is 1. The molecular weight excluding hydrogens is 302 g/mol. The van der Waals surface area contributed by atoms with Crippen LogP contribution < -0.4 is 5.32 Å². The zero-order valence-electron chi connectivity index (χ0n) is 13.5. The number of benzene rings is 1. The first-order chi connectivity index (χ1) is 11.9. The average molecular weight is 321 g/mol. The van der Waals surface area contributed by atoms with Gasteiger partial charge in [0.1, 0.15) is 0 Å². The van der Waals surface area contributed by atoms with Crippen molar-refractivity contribution in [1.82, 2.24) is 19.4 Å². The van der Waals surface area contributed by atoms with Crippen molar-refractivity contribution >= 4 is 22.4 Å². The molecule has 0 saturated heterocycles. The lowest BCUT2D eigenvalue weighted by molar-refractivity contribution is 0.198. The molecule has 6 heteroatoms. The molecule has 122 valence electrons. The van der Waals surface area contributed by atoms with Gasteiger partial charge in [0.2, 0.25) is 0 Å². The monoisotopic (exact) mass is 321 g/mol. The minimum atomic E-state index is 0.729. The highest BCUT2D eigenvalue weighted by Crippen LogP contribution is 2.26. The van der Waals surface area contributed by atoms with E-state index >= 15 is 0 Å². The van der Waals surface area contributed by atoms with Crippen LogP contribution in [0.25, 0.3) is 27.8 Å². The van der Waals surface area contributed by atoms with Gasteiger partial charge in [-0.15, -0.1) is 0 Å². The van der Waals surface area contributed by atoms with Crippen LogP contribution in [0.5, 0.6) is 0 Å². The van der Waals surface area contributed by atoms with E-state index in [-0.39, 0.29) is 0 Å². The molecule has 0 fully saturated rings. The van der Waals surface area contributed by atoms with E-state index in [2.05, 4.69) is 48.9 Å². The molecule has 6 nitrogen and oxygen atoms in total. The maximum absolute atomic E-state index is 5.07. The van der Waals surface area contributed by atoms with Gasteiger partial charge < -0.3 is 15.0 Å². The quantitative estimate of drug-likeness (QED) is 0.535. The van der Waals surface area contributed by atoms with Crippen LogP contribution in [0.1, 0.15) is 6.42 Å². The molecule has 0 saturated carbocycles. The molecule has 24 heavy (non-hydrogen) atoms. The lowest BCUT2D eigenvalue weighted by Crippen LogP contribution is -2.07. The van der Waals surface area contributed by atoms with E-state index in [4.69, 9.17) is 4.74 Å². The lowest BCUT2D eigenvalue weighted by atomic mass is 10.1. The number of aromatic amines is 1. The Morgan fingerprint density at radius 2 is 2.21 bits per heavy atom. The summed E-state index contributed by atoms with van der Waals surface area (Å²) in [6, 6.07) is 8.44. The molecule has 2 N–H and O–H groups in total.